The fourth-order valence-electron chi connectivity index (χ4n) is 5.96. The maximum atomic E-state index is 13.7. The van der Waals surface area contributed by atoms with Gasteiger partial charge in [-0.05, 0) is 57.8 Å². The largest absolute Gasteiger partial charge is 1.00 e. The lowest BCUT2D eigenvalue weighted by atomic mass is 9.82. The van der Waals surface area contributed by atoms with Crippen molar-refractivity contribution in [3.8, 4) is 0 Å². The number of fused-ring (bicyclic) bond motifs is 3. The second kappa shape index (κ2) is 11.8. The number of carbonyl (C=O) groups excluding carboxylic acids is 1. The van der Waals surface area contributed by atoms with Crippen molar-refractivity contribution in [3.63, 3.8) is 0 Å². The Morgan fingerprint density at radius 2 is 1.56 bits per heavy atom. The second-order valence-electron chi connectivity index (χ2n) is 10.2. The van der Waals surface area contributed by atoms with E-state index in [9.17, 15) is 9.90 Å². The third-order valence-electron chi connectivity index (χ3n) is 7.97. The quantitative estimate of drug-likeness (QED) is 0.229. The van der Waals surface area contributed by atoms with Gasteiger partial charge < -0.3 is 31.3 Å². The number of carbonyl (C=O) groups is 1. The molecular formula is C30H33BrINO3. The summed E-state index contributed by atoms with van der Waals surface area (Å²) in [5.74, 6) is -0.184. The third-order valence-corrected chi connectivity index (χ3v) is 8.64. The van der Waals surface area contributed by atoms with Crippen LogP contribution >= 0.6 is 22.6 Å². The molecule has 4 nitrogen and oxygen atoms in total. The Bertz CT molecular complexity index is 1110. The summed E-state index contributed by atoms with van der Waals surface area (Å²) in [7, 11) is 0. The molecule has 3 saturated heterocycles. The van der Waals surface area contributed by atoms with Gasteiger partial charge in [0, 0.05) is 28.8 Å². The molecule has 3 aromatic rings. The average molecular weight is 662 g/mol. The third kappa shape index (κ3) is 5.72. The highest BCUT2D eigenvalue weighted by Gasteiger charge is 2.50. The molecule has 190 valence electrons. The first-order chi connectivity index (χ1) is 17.0. The number of hydrogen-bond donors (Lipinski definition) is 1. The summed E-state index contributed by atoms with van der Waals surface area (Å²) >= 11 is 2.37. The van der Waals surface area contributed by atoms with Gasteiger partial charge in [0.15, 0.2) is 6.10 Å². The van der Waals surface area contributed by atoms with Crippen LogP contribution in [0.5, 0.6) is 0 Å². The van der Waals surface area contributed by atoms with Gasteiger partial charge >= 0.3 is 5.97 Å². The number of benzene rings is 3. The Morgan fingerprint density at radius 1 is 0.944 bits per heavy atom. The number of hydrogen-bond acceptors (Lipinski definition) is 3. The average Bonchev–Trinajstić information content (AvgIpc) is 2.90. The van der Waals surface area contributed by atoms with Gasteiger partial charge in [0.1, 0.15) is 6.54 Å². The molecule has 0 amide bonds. The summed E-state index contributed by atoms with van der Waals surface area (Å²) in [6.07, 6.45) is 4.21. The van der Waals surface area contributed by atoms with Gasteiger partial charge in [0.25, 0.3) is 0 Å². The first kappa shape index (κ1) is 27.3. The van der Waals surface area contributed by atoms with E-state index in [2.05, 4.69) is 46.9 Å². The van der Waals surface area contributed by atoms with Crippen LogP contribution in [0, 0.1) is 9.49 Å². The SMILES string of the molecule is O=C(OC1C[N+]2(CCCc3cccc(I)c3)CCC1CC2)C(O)(c1ccccc1)c1ccccc1.[Br-]. The van der Waals surface area contributed by atoms with E-state index in [-0.39, 0.29) is 23.1 Å². The molecule has 3 fully saturated rings. The van der Waals surface area contributed by atoms with Crippen molar-refractivity contribution < 1.29 is 36.1 Å². The topological polar surface area (TPSA) is 46.5 Å². The van der Waals surface area contributed by atoms with Gasteiger partial charge in [-0.3, -0.25) is 0 Å². The van der Waals surface area contributed by atoms with Crippen LogP contribution in [-0.4, -0.2) is 47.8 Å². The molecule has 0 aromatic heterocycles. The predicted molar refractivity (Wildman–Crippen MR) is 146 cm³/mol. The number of halogens is 2. The highest BCUT2D eigenvalue weighted by Crippen LogP contribution is 2.38. The first-order valence-corrected chi connectivity index (χ1v) is 13.7. The summed E-state index contributed by atoms with van der Waals surface area (Å²) in [5.41, 5.74) is 0.655. The number of ether oxygens (including phenoxy) is 1. The van der Waals surface area contributed by atoms with Crippen molar-refractivity contribution in [1.82, 2.24) is 0 Å². The number of piperidine rings is 3. The van der Waals surface area contributed by atoms with E-state index in [0.29, 0.717) is 17.0 Å². The summed E-state index contributed by atoms with van der Waals surface area (Å²) < 4.78 is 8.50. The molecule has 1 atom stereocenters. The second-order valence-corrected chi connectivity index (χ2v) is 11.4. The Labute approximate surface area is 238 Å². The minimum absolute atomic E-state index is 0. The molecule has 1 N–H and O–H groups in total. The molecule has 0 saturated carbocycles. The maximum absolute atomic E-state index is 13.7. The number of rotatable bonds is 8. The molecular weight excluding hydrogens is 629 g/mol. The molecule has 0 spiro atoms. The van der Waals surface area contributed by atoms with E-state index in [1.54, 1.807) is 24.3 Å². The molecule has 6 rings (SSSR count). The number of nitrogens with zero attached hydrogens (tertiary/aromatic N) is 1. The van der Waals surface area contributed by atoms with E-state index in [0.717, 1.165) is 56.3 Å². The summed E-state index contributed by atoms with van der Waals surface area (Å²) in [5, 5.41) is 11.8. The lowest BCUT2D eigenvalue weighted by Gasteiger charge is -2.52. The van der Waals surface area contributed by atoms with Gasteiger partial charge in [-0.15, -0.1) is 0 Å². The molecule has 3 heterocycles. The van der Waals surface area contributed by atoms with E-state index in [4.69, 9.17) is 4.74 Å². The van der Waals surface area contributed by atoms with E-state index in [1.165, 1.54) is 9.13 Å². The van der Waals surface area contributed by atoms with Crippen LogP contribution in [0.2, 0.25) is 0 Å². The Kier molecular flexibility index (Phi) is 8.92. The van der Waals surface area contributed by atoms with E-state index >= 15 is 0 Å². The fraction of sp³-hybridized carbons (Fsp3) is 0.367. The Balaban J connectivity index is 0.00000304. The van der Waals surface area contributed by atoms with Gasteiger partial charge in [0.05, 0.1) is 19.6 Å². The van der Waals surface area contributed by atoms with Crippen molar-refractivity contribution in [1.29, 1.82) is 0 Å². The number of aryl methyl sites for hydroxylation is 1. The van der Waals surface area contributed by atoms with Crippen LogP contribution in [-0.2, 0) is 21.6 Å². The molecule has 0 aliphatic carbocycles. The first-order valence-electron chi connectivity index (χ1n) is 12.6. The lowest BCUT2D eigenvalue weighted by molar-refractivity contribution is -0.946. The molecule has 3 aliphatic heterocycles. The Morgan fingerprint density at radius 3 is 2.14 bits per heavy atom. The zero-order valence-electron chi connectivity index (χ0n) is 20.4. The van der Waals surface area contributed by atoms with Crippen LogP contribution in [0.25, 0.3) is 0 Å². The van der Waals surface area contributed by atoms with Crippen molar-refractivity contribution >= 4 is 28.6 Å². The molecule has 3 aromatic carbocycles. The molecule has 1 unspecified atom stereocenters. The van der Waals surface area contributed by atoms with E-state index in [1.807, 2.05) is 36.4 Å². The van der Waals surface area contributed by atoms with Crippen LogP contribution in [0.15, 0.2) is 84.9 Å². The predicted octanol–water partition coefficient (Wildman–Crippen LogP) is 2.32. The van der Waals surface area contributed by atoms with Gasteiger partial charge in [-0.1, -0.05) is 72.8 Å². The van der Waals surface area contributed by atoms with Gasteiger partial charge in [-0.25, -0.2) is 4.79 Å². The highest BCUT2D eigenvalue weighted by atomic mass is 127. The molecule has 36 heavy (non-hydrogen) atoms. The zero-order valence-corrected chi connectivity index (χ0v) is 24.1. The normalized spacial score (nSPS) is 23.1. The lowest BCUT2D eigenvalue weighted by Crippen LogP contribution is -3.00. The van der Waals surface area contributed by atoms with Gasteiger partial charge in [0.2, 0.25) is 5.60 Å². The summed E-state index contributed by atoms with van der Waals surface area (Å²) in [4.78, 5) is 13.7. The van der Waals surface area contributed by atoms with Crippen LogP contribution in [0.3, 0.4) is 0 Å². The molecule has 3 aliphatic rings. The van der Waals surface area contributed by atoms with Crippen molar-refractivity contribution in [2.24, 2.45) is 5.92 Å². The number of esters is 1. The van der Waals surface area contributed by atoms with E-state index < -0.39 is 11.6 Å². The molecule has 2 bridgehead atoms. The van der Waals surface area contributed by atoms with Crippen LogP contribution in [0.1, 0.15) is 36.0 Å². The number of quaternary nitrogens is 1. The van der Waals surface area contributed by atoms with Crippen molar-refractivity contribution in [3.05, 3.63) is 105 Å². The minimum atomic E-state index is -1.82. The summed E-state index contributed by atoms with van der Waals surface area (Å²) in [6, 6.07) is 27.1. The smallest absolute Gasteiger partial charge is 0.348 e. The molecule has 6 heteroatoms. The van der Waals surface area contributed by atoms with Crippen molar-refractivity contribution in [2.45, 2.75) is 37.4 Å². The maximum Gasteiger partial charge on any atom is 0.348 e. The number of aliphatic hydroxyl groups is 1. The zero-order chi connectivity index (χ0) is 24.3. The van der Waals surface area contributed by atoms with Crippen LogP contribution in [0.4, 0.5) is 0 Å². The van der Waals surface area contributed by atoms with Crippen LogP contribution < -0.4 is 17.0 Å². The monoisotopic (exact) mass is 661 g/mol. The fourth-order valence-corrected chi connectivity index (χ4v) is 6.57. The molecule has 0 radical (unpaired) electrons. The minimum Gasteiger partial charge on any atom is -1.00 e. The van der Waals surface area contributed by atoms with Crippen molar-refractivity contribution in [2.75, 3.05) is 26.2 Å². The Hall–Kier alpha value is -1.74. The summed E-state index contributed by atoms with van der Waals surface area (Å²) in [6.45, 7) is 4.27. The van der Waals surface area contributed by atoms with Gasteiger partial charge in [-0.2, -0.15) is 0 Å². The standard InChI is InChI=1S/C30H33INO3.BrH/c31-27-15-7-9-23(21-27)10-8-18-32-19-16-24(17-20-32)28(22-32)35-29(33)30(34,25-11-3-1-4-12-25)26-13-5-2-6-14-26;/h1-7,9,11-15,21,24,28,34H,8,10,16-20,22H2;1H/q+1;/p-1. The highest BCUT2D eigenvalue weighted by molar-refractivity contribution is 14.1.